The maximum Gasteiger partial charge on any atom is 0.226 e. The molecule has 0 saturated heterocycles. The Hall–Kier alpha value is -1.33. The Morgan fingerprint density at radius 2 is 2.22 bits per heavy atom. The van der Waals surface area contributed by atoms with E-state index < -0.39 is 0 Å². The van der Waals surface area contributed by atoms with Crippen LogP contribution in [-0.4, -0.2) is 16.6 Å². The van der Waals surface area contributed by atoms with Crippen LogP contribution in [-0.2, 0) is 17.6 Å². The van der Waals surface area contributed by atoms with Crippen molar-refractivity contribution in [2.45, 2.75) is 43.9 Å². The molecule has 1 aliphatic rings. The van der Waals surface area contributed by atoms with Crippen LogP contribution in [0.2, 0.25) is 0 Å². The van der Waals surface area contributed by atoms with E-state index in [-0.39, 0.29) is 5.91 Å². The summed E-state index contributed by atoms with van der Waals surface area (Å²) in [4.78, 5) is 19.2. The molecule has 0 aliphatic heterocycles. The average Bonchev–Trinajstić information content (AvgIpc) is 2.94. The van der Waals surface area contributed by atoms with E-state index >= 15 is 0 Å². The number of aromatic nitrogens is 1. The number of nitrogens with one attached hydrogen (secondary N) is 1. The van der Waals surface area contributed by atoms with Gasteiger partial charge in [-0.2, -0.15) is 0 Å². The summed E-state index contributed by atoms with van der Waals surface area (Å²) >= 11 is 3.45. The van der Waals surface area contributed by atoms with Gasteiger partial charge in [0.05, 0.1) is 5.69 Å². The van der Waals surface area contributed by atoms with Crippen molar-refractivity contribution >= 4 is 34.1 Å². The molecular formula is C18H22N2OS2. The number of hydrogen-bond acceptors (Lipinski definition) is 4. The fraction of sp³-hybridized carbons (Fsp3) is 0.444. The molecule has 1 aromatic heterocycles. The highest BCUT2D eigenvalue weighted by molar-refractivity contribution is 7.99. The summed E-state index contributed by atoms with van der Waals surface area (Å²) in [5.74, 6) is 1.78. The Morgan fingerprint density at radius 1 is 1.39 bits per heavy atom. The monoisotopic (exact) mass is 346 g/mol. The lowest BCUT2D eigenvalue weighted by atomic mass is 9.93. The highest BCUT2D eigenvalue weighted by atomic mass is 32.2. The Morgan fingerprint density at radius 3 is 3.04 bits per heavy atom. The van der Waals surface area contributed by atoms with Crippen LogP contribution in [0.25, 0.3) is 0 Å². The van der Waals surface area contributed by atoms with Gasteiger partial charge < -0.3 is 5.32 Å². The van der Waals surface area contributed by atoms with Crippen molar-refractivity contribution in [3.8, 4) is 0 Å². The lowest BCUT2D eigenvalue weighted by Crippen LogP contribution is -2.11. The second-order valence-electron chi connectivity index (χ2n) is 6.05. The van der Waals surface area contributed by atoms with Gasteiger partial charge in [-0.15, -0.1) is 23.1 Å². The van der Waals surface area contributed by atoms with Crippen LogP contribution in [0, 0.1) is 5.92 Å². The highest BCUT2D eigenvalue weighted by Crippen LogP contribution is 2.32. The number of aryl methyl sites for hydroxylation is 1. The van der Waals surface area contributed by atoms with E-state index in [9.17, 15) is 4.79 Å². The van der Waals surface area contributed by atoms with Crippen LogP contribution < -0.4 is 5.32 Å². The number of thioether (sulfide) groups is 1. The number of benzene rings is 1. The van der Waals surface area contributed by atoms with Gasteiger partial charge in [0.1, 0.15) is 0 Å². The van der Waals surface area contributed by atoms with E-state index in [2.05, 4.69) is 29.4 Å². The smallest absolute Gasteiger partial charge is 0.226 e. The van der Waals surface area contributed by atoms with E-state index in [0.29, 0.717) is 6.42 Å². The van der Waals surface area contributed by atoms with Crippen molar-refractivity contribution in [2.75, 3.05) is 11.1 Å². The first-order valence-electron chi connectivity index (χ1n) is 8.17. The number of thiazole rings is 1. The average molecular weight is 347 g/mol. The molecule has 1 aromatic carbocycles. The first-order valence-corrected chi connectivity index (χ1v) is 9.97. The minimum atomic E-state index is 0.0813. The molecule has 1 amide bonds. The zero-order chi connectivity index (χ0) is 16.1. The van der Waals surface area contributed by atoms with Crippen LogP contribution in [0.5, 0.6) is 0 Å². The lowest BCUT2D eigenvalue weighted by Gasteiger charge is -2.15. The van der Waals surface area contributed by atoms with Gasteiger partial charge in [-0.1, -0.05) is 25.1 Å². The third-order valence-electron chi connectivity index (χ3n) is 3.99. The zero-order valence-corrected chi connectivity index (χ0v) is 15.0. The zero-order valence-electron chi connectivity index (χ0n) is 13.4. The highest BCUT2D eigenvalue weighted by Gasteiger charge is 2.20. The van der Waals surface area contributed by atoms with Crippen molar-refractivity contribution in [2.24, 2.45) is 5.92 Å². The topological polar surface area (TPSA) is 42.0 Å². The summed E-state index contributed by atoms with van der Waals surface area (Å²) in [5, 5.41) is 3.75. The molecule has 5 heteroatoms. The number of amides is 1. The first kappa shape index (κ1) is 16.5. The minimum absolute atomic E-state index is 0.0813. The fourth-order valence-corrected chi connectivity index (χ4v) is 4.78. The lowest BCUT2D eigenvalue weighted by molar-refractivity contribution is -0.116. The molecular weight excluding hydrogens is 324 g/mol. The molecule has 23 heavy (non-hydrogen) atoms. The van der Waals surface area contributed by atoms with Crippen LogP contribution >= 0.6 is 23.1 Å². The van der Waals surface area contributed by atoms with E-state index in [1.165, 1.54) is 21.9 Å². The summed E-state index contributed by atoms with van der Waals surface area (Å²) in [6.45, 7) is 2.28. The Bertz CT molecular complexity index is 654. The minimum Gasteiger partial charge on any atom is -0.302 e. The molecule has 0 bridgehead atoms. The maximum atomic E-state index is 12.0. The normalized spacial score (nSPS) is 16.8. The Labute approximate surface area is 145 Å². The van der Waals surface area contributed by atoms with Gasteiger partial charge in [0.25, 0.3) is 0 Å². The van der Waals surface area contributed by atoms with Gasteiger partial charge in [-0.05, 0) is 49.5 Å². The standard InChI is InChI=1S/C18H22N2OS2/c1-13-9-10-15-16(12-13)23-18(19-15)20-17(21)8-5-11-22-14-6-3-2-4-7-14/h2-4,6-7,13H,5,8-12H2,1H3,(H,19,20,21). The molecule has 0 fully saturated rings. The third kappa shape index (κ3) is 4.82. The maximum absolute atomic E-state index is 12.0. The second kappa shape index (κ2) is 7.97. The quantitative estimate of drug-likeness (QED) is 0.604. The van der Waals surface area contributed by atoms with E-state index in [1.54, 1.807) is 23.1 Å². The largest absolute Gasteiger partial charge is 0.302 e. The molecule has 122 valence electrons. The number of anilines is 1. The number of carbonyl (C=O) groups excluding carboxylic acids is 1. The van der Waals surface area contributed by atoms with Crippen molar-refractivity contribution in [3.63, 3.8) is 0 Å². The second-order valence-corrected chi connectivity index (χ2v) is 8.30. The van der Waals surface area contributed by atoms with E-state index in [1.807, 2.05) is 18.2 Å². The molecule has 3 rings (SSSR count). The third-order valence-corrected chi connectivity index (χ3v) is 6.13. The predicted octanol–water partition coefficient (Wildman–Crippen LogP) is 4.78. The molecule has 1 atom stereocenters. The van der Waals surface area contributed by atoms with Crippen molar-refractivity contribution in [1.29, 1.82) is 0 Å². The number of fused-ring (bicyclic) bond motifs is 1. The molecule has 1 aliphatic carbocycles. The van der Waals surface area contributed by atoms with E-state index in [4.69, 9.17) is 0 Å². The molecule has 1 unspecified atom stereocenters. The van der Waals surface area contributed by atoms with Crippen LogP contribution in [0.4, 0.5) is 5.13 Å². The Balaban J connectivity index is 1.41. The van der Waals surface area contributed by atoms with Gasteiger partial charge in [0.2, 0.25) is 5.91 Å². The van der Waals surface area contributed by atoms with E-state index in [0.717, 1.165) is 36.1 Å². The number of hydrogen-bond donors (Lipinski definition) is 1. The van der Waals surface area contributed by atoms with Gasteiger partial charge in [0, 0.05) is 16.2 Å². The summed E-state index contributed by atoms with van der Waals surface area (Å²) in [6.07, 6.45) is 4.81. The predicted molar refractivity (Wildman–Crippen MR) is 98.3 cm³/mol. The van der Waals surface area contributed by atoms with Crippen LogP contribution in [0.3, 0.4) is 0 Å². The Kier molecular flexibility index (Phi) is 5.73. The molecule has 1 N–H and O–H groups in total. The number of nitrogens with zero attached hydrogens (tertiary/aromatic N) is 1. The molecule has 2 aromatic rings. The number of carbonyl (C=O) groups is 1. The first-order chi connectivity index (χ1) is 11.2. The summed E-state index contributed by atoms with van der Waals surface area (Å²) in [5.41, 5.74) is 1.20. The summed E-state index contributed by atoms with van der Waals surface area (Å²) in [6, 6.07) is 10.3. The van der Waals surface area contributed by atoms with Gasteiger partial charge in [-0.3, -0.25) is 4.79 Å². The number of rotatable bonds is 6. The molecule has 0 radical (unpaired) electrons. The summed E-state index contributed by atoms with van der Waals surface area (Å²) < 4.78 is 0. The SMILES string of the molecule is CC1CCc2nc(NC(=O)CCCSc3ccccc3)sc2C1. The van der Waals surface area contributed by atoms with Crippen LogP contribution in [0.15, 0.2) is 35.2 Å². The molecule has 0 saturated carbocycles. The summed E-state index contributed by atoms with van der Waals surface area (Å²) in [7, 11) is 0. The van der Waals surface area contributed by atoms with Crippen molar-refractivity contribution < 1.29 is 4.79 Å². The van der Waals surface area contributed by atoms with Crippen molar-refractivity contribution in [3.05, 3.63) is 40.9 Å². The van der Waals surface area contributed by atoms with Crippen LogP contribution in [0.1, 0.15) is 36.8 Å². The molecule has 1 heterocycles. The fourth-order valence-electron chi connectivity index (χ4n) is 2.71. The van der Waals surface area contributed by atoms with Gasteiger partial charge in [0.15, 0.2) is 5.13 Å². The van der Waals surface area contributed by atoms with Gasteiger partial charge in [-0.25, -0.2) is 4.98 Å². The van der Waals surface area contributed by atoms with Gasteiger partial charge >= 0.3 is 0 Å². The molecule has 3 nitrogen and oxygen atoms in total. The molecule has 0 spiro atoms. The van der Waals surface area contributed by atoms with Crippen molar-refractivity contribution in [1.82, 2.24) is 4.98 Å².